The molecule has 0 radical (unpaired) electrons. The minimum Gasteiger partial charge on any atom is -0.366 e. The molecule has 5 heterocycles. The number of aromatic nitrogens is 4. The van der Waals surface area contributed by atoms with Gasteiger partial charge in [0.05, 0.1) is 22.8 Å². The van der Waals surface area contributed by atoms with Crippen molar-refractivity contribution >= 4 is 33.7 Å². The van der Waals surface area contributed by atoms with Crippen LogP contribution in [0.3, 0.4) is 0 Å². The number of rotatable bonds is 3. The molecule has 3 N–H and O–H groups in total. The fourth-order valence-corrected chi connectivity index (χ4v) is 6.59. The SMILES string of the molecule is CCC1CNc2nccc3cc(-c4nc5cc(C(=O)N6C[C@H]7CC[C@@H]6[C@@H]7N)cc(F)c5n4C)n1c23. The van der Waals surface area contributed by atoms with Gasteiger partial charge in [-0.2, -0.15) is 0 Å². The summed E-state index contributed by atoms with van der Waals surface area (Å²) in [6.07, 6.45) is 4.72. The number of likely N-dealkylation sites (tertiary alicyclic amines) is 1. The van der Waals surface area contributed by atoms with Crippen LogP contribution in [0.15, 0.2) is 30.5 Å². The number of hydrogen-bond acceptors (Lipinski definition) is 5. The fraction of sp³-hybridized carbons (Fsp3) is 0.423. The van der Waals surface area contributed by atoms with Crippen molar-refractivity contribution in [3.8, 4) is 11.5 Å². The van der Waals surface area contributed by atoms with Crippen molar-refractivity contribution in [3.05, 3.63) is 41.8 Å². The van der Waals surface area contributed by atoms with Gasteiger partial charge in [0, 0.05) is 49.4 Å². The highest BCUT2D eigenvalue weighted by atomic mass is 19.1. The second-order valence-corrected chi connectivity index (χ2v) is 10.2. The van der Waals surface area contributed by atoms with Gasteiger partial charge in [-0.25, -0.2) is 14.4 Å². The topological polar surface area (TPSA) is 94.0 Å². The molecule has 1 aliphatic carbocycles. The lowest BCUT2D eigenvalue weighted by molar-refractivity contribution is 0.0700. The number of carbonyl (C=O) groups is 1. The number of benzene rings is 1. The second-order valence-electron chi connectivity index (χ2n) is 10.2. The number of nitrogens with zero attached hydrogens (tertiary/aromatic N) is 5. The average Bonchev–Trinajstić information content (AvgIpc) is 3.60. The first-order valence-electron chi connectivity index (χ1n) is 12.4. The largest absolute Gasteiger partial charge is 0.366 e. The number of piperidine rings is 1. The summed E-state index contributed by atoms with van der Waals surface area (Å²) in [5.41, 5.74) is 9.49. The molecule has 3 aromatic heterocycles. The summed E-state index contributed by atoms with van der Waals surface area (Å²) in [7, 11) is 1.83. The lowest BCUT2D eigenvalue weighted by atomic mass is 10.1. The maximum Gasteiger partial charge on any atom is 0.254 e. The van der Waals surface area contributed by atoms with E-state index in [1.54, 1.807) is 16.8 Å². The number of pyridine rings is 1. The van der Waals surface area contributed by atoms with Crippen molar-refractivity contribution in [3.63, 3.8) is 0 Å². The average molecular weight is 474 g/mol. The molecule has 9 heteroatoms. The van der Waals surface area contributed by atoms with E-state index in [9.17, 15) is 4.79 Å². The third-order valence-corrected chi connectivity index (χ3v) is 8.40. The van der Waals surface area contributed by atoms with Crippen LogP contribution in [0.4, 0.5) is 10.2 Å². The van der Waals surface area contributed by atoms with Crippen molar-refractivity contribution < 1.29 is 9.18 Å². The van der Waals surface area contributed by atoms with Crippen LogP contribution in [0.2, 0.25) is 0 Å². The molecule has 180 valence electrons. The van der Waals surface area contributed by atoms with E-state index in [1.807, 2.05) is 18.0 Å². The maximum absolute atomic E-state index is 15.5. The Morgan fingerprint density at radius 3 is 2.86 bits per heavy atom. The molecule has 35 heavy (non-hydrogen) atoms. The molecule has 8 nitrogen and oxygen atoms in total. The molecule has 4 atom stereocenters. The lowest BCUT2D eigenvalue weighted by Gasteiger charge is -2.27. The number of amides is 1. The van der Waals surface area contributed by atoms with Crippen molar-refractivity contribution in [2.45, 2.75) is 44.3 Å². The van der Waals surface area contributed by atoms with Gasteiger partial charge in [0.25, 0.3) is 5.91 Å². The van der Waals surface area contributed by atoms with E-state index in [0.29, 0.717) is 34.9 Å². The molecule has 4 aromatic rings. The molecule has 2 aliphatic heterocycles. The summed E-state index contributed by atoms with van der Waals surface area (Å²) in [4.78, 5) is 24.6. The van der Waals surface area contributed by atoms with Gasteiger partial charge >= 0.3 is 0 Å². The molecule has 2 fully saturated rings. The van der Waals surface area contributed by atoms with Gasteiger partial charge in [-0.3, -0.25) is 4.79 Å². The predicted molar refractivity (Wildman–Crippen MR) is 133 cm³/mol. The third kappa shape index (κ3) is 2.78. The van der Waals surface area contributed by atoms with E-state index in [0.717, 1.165) is 48.2 Å². The summed E-state index contributed by atoms with van der Waals surface area (Å²) >= 11 is 0. The van der Waals surface area contributed by atoms with Crippen molar-refractivity contribution in [1.82, 2.24) is 24.0 Å². The zero-order valence-corrected chi connectivity index (χ0v) is 19.8. The Bertz CT molecular complexity index is 1520. The first-order chi connectivity index (χ1) is 17.0. The zero-order chi connectivity index (χ0) is 24.0. The van der Waals surface area contributed by atoms with Crippen molar-refractivity contribution in [2.75, 3.05) is 18.4 Å². The summed E-state index contributed by atoms with van der Waals surface area (Å²) in [6.45, 7) is 3.59. The number of nitrogens with one attached hydrogen (secondary N) is 1. The monoisotopic (exact) mass is 473 g/mol. The smallest absolute Gasteiger partial charge is 0.254 e. The lowest BCUT2D eigenvalue weighted by Crippen LogP contribution is -2.41. The standard InChI is InChI=1S/C26H28FN7O/c1-3-16-11-30-24-22-13(6-7-29-24)10-20(34(16)22)25-31-18-9-15(8-17(27)23(18)32(25)2)26(35)33-12-14-4-5-19(33)21(14)28/h6-10,14,16,19,21H,3-5,11-12,28H2,1-2H3,(H,29,30)/t14-,16?,19-,21-/m1/s1. The van der Waals surface area contributed by atoms with Crippen LogP contribution in [0, 0.1) is 11.7 Å². The minimum atomic E-state index is -0.438. The summed E-state index contributed by atoms with van der Waals surface area (Å²) < 4.78 is 19.5. The van der Waals surface area contributed by atoms with Gasteiger partial charge in [-0.15, -0.1) is 0 Å². The number of carbonyl (C=O) groups excluding carboxylic acids is 1. The Morgan fingerprint density at radius 1 is 1.26 bits per heavy atom. The van der Waals surface area contributed by atoms with Crippen LogP contribution in [-0.2, 0) is 7.05 Å². The number of halogens is 1. The highest BCUT2D eigenvalue weighted by Crippen LogP contribution is 2.40. The number of aryl methyl sites for hydroxylation is 1. The highest BCUT2D eigenvalue weighted by Gasteiger charge is 2.47. The van der Waals surface area contributed by atoms with E-state index in [2.05, 4.69) is 27.9 Å². The van der Waals surface area contributed by atoms with Crippen LogP contribution in [0.5, 0.6) is 0 Å². The Balaban J connectivity index is 1.36. The number of nitrogens with two attached hydrogens (primary N) is 1. The Labute approximate surface area is 201 Å². The van der Waals surface area contributed by atoms with E-state index < -0.39 is 5.82 Å². The van der Waals surface area contributed by atoms with E-state index in [1.165, 1.54) is 6.07 Å². The first kappa shape index (κ1) is 20.9. The zero-order valence-electron chi connectivity index (χ0n) is 19.8. The van der Waals surface area contributed by atoms with Crippen LogP contribution in [0.25, 0.3) is 33.5 Å². The molecular weight excluding hydrogens is 445 g/mol. The van der Waals surface area contributed by atoms with Crippen molar-refractivity contribution in [2.24, 2.45) is 18.7 Å². The number of fused-ring (bicyclic) bond motifs is 3. The van der Waals surface area contributed by atoms with Gasteiger partial charge < -0.3 is 25.1 Å². The van der Waals surface area contributed by atoms with Crippen LogP contribution >= 0.6 is 0 Å². The van der Waals surface area contributed by atoms with E-state index >= 15 is 4.39 Å². The van der Waals surface area contributed by atoms with E-state index in [4.69, 9.17) is 10.7 Å². The summed E-state index contributed by atoms with van der Waals surface area (Å²) in [6, 6.07) is 7.48. The van der Waals surface area contributed by atoms with Crippen LogP contribution in [-0.4, -0.2) is 55.1 Å². The maximum atomic E-state index is 15.5. The highest BCUT2D eigenvalue weighted by molar-refractivity contribution is 5.99. The van der Waals surface area contributed by atoms with E-state index in [-0.39, 0.29) is 24.0 Å². The van der Waals surface area contributed by atoms with Crippen LogP contribution in [0.1, 0.15) is 42.6 Å². The molecule has 1 saturated carbocycles. The van der Waals surface area contributed by atoms with Crippen LogP contribution < -0.4 is 11.1 Å². The fourth-order valence-electron chi connectivity index (χ4n) is 6.59. The normalized spacial score (nSPS) is 25.1. The molecule has 7 rings (SSSR count). The van der Waals surface area contributed by atoms with Gasteiger partial charge in [0.2, 0.25) is 0 Å². The predicted octanol–water partition coefficient (Wildman–Crippen LogP) is 3.67. The number of anilines is 1. The molecule has 1 amide bonds. The molecule has 0 spiro atoms. The number of imidazole rings is 1. The van der Waals surface area contributed by atoms with Gasteiger partial charge in [-0.05, 0) is 49.4 Å². The quantitative estimate of drug-likeness (QED) is 0.474. The molecule has 1 saturated heterocycles. The van der Waals surface area contributed by atoms with Gasteiger partial charge in [0.15, 0.2) is 11.6 Å². The van der Waals surface area contributed by atoms with Crippen molar-refractivity contribution in [1.29, 1.82) is 0 Å². The Kier molecular flexibility index (Phi) is 4.34. The summed E-state index contributed by atoms with van der Waals surface area (Å²) in [5.74, 6) is 1.28. The first-order valence-corrected chi connectivity index (χ1v) is 12.4. The Hall–Kier alpha value is -3.46. The molecular formula is C26H28FN7O. The molecule has 1 unspecified atom stereocenters. The molecule has 2 bridgehead atoms. The number of hydrogen-bond donors (Lipinski definition) is 2. The molecule has 3 aliphatic rings. The molecule has 1 aromatic carbocycles. The Morgan fingerprint density at radius 2 is 2.11 bits per heavy atom. The summed E-state index contributed by atoms with van der Waals surface area (Å²) in [5, 5.41) is 4.50. The second kappa shape index (κ2) is 7.27. The van der Waals surface area contributed by atoms with Gasteiger partial charge in [0.1, 0.15) is 11.3 Å². The third-order valence-electron chi connectivity index (χ3n) is 8.40. The van der Waals surface area contributed by atoms with Gasteiger partial charge in [-0.1, -0.05) is 6.92 Å². The minimum absolute atomic E-state index is 0.0230.